The number of benzene rings is 2. The Kier molecular flexibility index (Phi) is 11.1. The van der Waals surface area contributed by atoms with Crippen LogP contribution in [0.25, 0.3) is 0 Å². The summed E-state index contributed by atoms with van der Waals surface area (Å²) in [6, 6.07) is 12.0. The largest absolute Gasteiger partial charge is 0.454 e. The van der Waals surface area contributed by atoms with Crippen LogP contribution in [0.4, 0.5) is 5.69 Å². The Hall–Kier alpha value is -2.14. The van der Waals surface area contributed by atoms with Gasteiger partial charge in [-0.1, -0.05) is 68.9 Å². The van der Waals surface area contributed by atoms with Gasteiger partial charge in [0.05, 0.1) is 9.88 Å². The van der Waals surface area contributed by atoms with E-state index in [4.69, 9.17) is 26.8 Å². The van der Waals surface area contributed by atoms with E-state index in [1.807, 2.05) is 13.0 Å². The molecule has 0 aromatic heterocycles. The van der Waals surface area contributed by atoms with E-state index in [0.29, 0.717) is 34.2 Å². The minimum absolute atomic E-state index is 0.0486. The van der Waals surface area contributed by atoms with Crippen molar-refractivity contribution in [2.24, 2.45) is 5.14 Å². The highest BCUT2D eigenvalue weighted by Gasteiger charge is 2.23. The first kappa shape index (κ1) is 27.1. The van der Waals surface area contributed by atoms with Crippen molar-refractivity contribution >= 4 is 49.9 Å². The second-order valence-corrected chi connectivity index (χ2v) is 10.4. The number of nitrogens with one attached hydrogen (secondary N) is 1. The number of para-hydroxylation sites is 1. The molecule has 10 heteroatoms. The molecular formula is C23H30N2O5S3. The molecule has 0 heterocycles. The van der Waals surface area contributed by atoms with Gasteiger partial charge in [-0.25, -0.2) is 13.6 Å². The molecule has 0 fully saturated rings. The van der Waals surface area contributed by atoms with E-state index in [2.05, 4.69) is 12.2 Å². The lowest BCUT2D eigenvalue weighted by Gasteiger charge is -2.18. The number of carbonyl (C=O) groups is 1. The van der Waals surface area contributed by atoms with E-state index in [1.54, 1.807) is 30.3 Å². The number of hydrogen-bond donors (Lipinski definition) is 2. The third kappa shape index (κ3) is 8.96. The molecule has 33 heavy (non-hydrogen) atoms. The number of primary sulfonamides is 1. The SMILES string of the molecule is CCCCNc1cc(C(=S)SCOC(=O)CCCC)cc(S(N)(=O)=O)c1Oc1ccccc1. The summed E-state index contributed by atoms with van der Waals surface area (Å²) in [6.07, 6.45) is 3.87. The molecule has 2 aromatic carbocycles. The topological polar surface area (TPSA) is 108 Å². The minimum Gasteiger partial charge on any atom is -0.454 e. The van der Waals surface area contributed by atoms with Gasteiger partial charge in [0.15, 0.2) is 5.75 Å². The molecule has 2 aromatic rings. The highest BCUT2D eigenvalue weighted by molar-refractivity contribution is 8.23. The maximum absolute atomic E-state index is 12.5. The number of carbonyl (C=O) groups excluding carboxylic acids is 1. The Morgan fingerprint density at radius 2 is 1.82 bits per heavy atom. The normalized spacial score (nSPS) is 11.1. The van der Waals surface area contributed by atoms with E-state index in [1.165, 1.54) is 6.07 Å². The molecule has 0 spiro atoms. The molecule has 0 amide bonds. The van der Waals surface area contributed by atoms with Crippen molar-refractivity contribution in [2.75, 3.05) is 17.8 Å². The molecule has 0 aliphatic heterocycles. The summed E-state index contributed by atoms with van der Waals surface area (Å²) in [4.78, 5) is 11.5. The number of thioether (sulfide) groups is 1. The Morgan fingerprint density at radius 1 is 1.12 bits per heavy atom. The van der Waals surface area contributed by atoms with Crippen LogP contribution in [-0.2, 0) is 19.6 Å². The van der Waals surface area contributed by atoms with Gasteiger partial charge in [-0.15, -0.1) is 0 Å². The maximum atomic E-state index is 12.5. The van der Waals surface area contributed by atoms with Crippen molar-refractivity contribution in [1.29, 1.82) is 0 Å². The number of rotatable bonds is 13. The fourth-order valence-electron chi connectivity index (χ4n) is 2.80. The van der Waals surface area contributed by atoms with Gasteiger partial charge >= 0.3 is 5.97 Å². The van der Waals surface area contributed by atoms with Crippen LogP contribution in [-0.4, -0.2) is 31.1 Å². The number of hydrogen-bond acceptors (Lipinski definition) is 8. The third-order valence-electron chi connectivity index (χ3n) is 4.55. The smallest absolute Gasteiger partial charge is 0.306 e. The number of ether oxygens (including phenoxy) is 2. The Bertz CT molecular complexity index is 1040. The van der Waals surface area contributed by atoms with Crippen LogP contribution in [0.1, 0.15) is 51.5 Å². The summed E-state index contributed by atoms with van der Waals surface area (Å²) in [6.45, 7) is 4.67. The van der Waals surface area contributed by atoms with Crippen molar-refractivity contribution in [3.63, 3.8) is 0 Å². The third-order valence-corrected chi connectivity index (χ3v) is 6.79. The molecule has 0 saturated heterocycles. The first-order valence-electron chi connectivity index (χ1n) is 10.8. The predicted octanol–water partition coefficient (Wildman–Crippen LogP) is 5.44. The number of sulfonamides is 1. The summed E-state index contributed by atoms with van der Waals surface area (Å²) in [7, 11) is -4.13. The van der Waals surface area contributed by atoms with E-state index in [9.17, 15) is 13.2 Å². The second kappa shape index (κ2) is 13.5. The fraction of sp³-hybridized carbons (Fsp3) is 0.391. The van der Waals surface area contributed by atoms with Crippen LogP contribution in [0.5, 0.6) is 11.5 Å². The fourth-order valence-corrected chi connectivity index (χ4v) is 4.34. The lowest BCUT2D eigenvalue weighted by atomic mass is 10.2. The van der Waals surface area contributed by atoms with Gasteiger partial charge in [0.1, 0.15) is 16.6 Å². The zero-order chi connectivity index (χ0) is 24.3. The van der Waals surface area contributed by atoms with Crippen LogP contribution in [0.3, 0.4) is 0 Å². The highest BCUT2D eigenvalue weighted by atomic mass is 32.2. The number of esters is 1. The molecule has 0 radical (unpaired) electrons. The van der Waals surface area contributed by atoms with Crippen molar-refractivity contribution < 1.29 is 22.7 Å². The van der Waals surface area contributed by atoms with Gasteiger partial charge < -0.3 is 14.8 Å². The van der Waals surface area contributed by atoms with E-state index < -0.39 is 10.0 Å². The summed E-state index contributed by atoms with van der Waals surface area (Å²) >= 11 is 6.62. The van der Waals surface area contributed by atoms with Crippen molar-refractivity contribution in [2.45, 2.75) is 50.8 Å². The lowest BCUT2D eigenvalue weighted by Crippen LogP contribution is -2.16. The average molecular weight is 511 g/mol. The van der Waals surface area contributed by atoms with E-state index >= 15 is 0 Å². The monoisotopic (exact) mass is 510 g/mol. The van der Waals surface area contributed by atoms with Gasteiger partial charge in [-0.05, 0) is 37.1 Å². The Labute approximate surface area is 205 Å². The molecule has 0 bridgehead atoms. The summed E-state index contributed by atoms with van der Waals surface area (Å²) in [5.74, 6) is 0.352. The van der Waals surface area contributed by atoms with Crippen LogP contribution < -0.4 is 15.2 Å². The summed E-state index contributed by atoms with van der Waals surface area (Å²) < 4.78 is 36.4. The van der Waals surface area contributed by atoms with Gasteiger partial charge in [0.2, 0.25) is 10.0 Å². The zero-order valence-electron chi connectivity index (χ0n) is 18.8. The van der Waals surface area contributed by atoms with E-state index in [0.717, 1.165) is 37.4 Å². The maximum Gasteiger partial charge on any atom is 0.306 e. The van der Waals surface area contributed by atoms with Gasteiger partial charge in [-0.3, -0.25) is 4.79 Å². The molecule has 7 nitrogen and oxygen atoms in total. The standard InChI is InChI=1S/C23H30N2O5S3/c1-3-5-12-21(26)29-16-32-23(31)17-14-19(25-13-6-4-2)22(20(15-17)33(24,27)28)30-18-10-8-7-9-11-18/h7-11,14-15,25H,3-6,12-13,16H2,1-2H3,(H2,24,27,28). The van der Waals surface area contributed by atoms with Crippen LogP contribution >= 0.6 is 24.0 Å². The molecule has 0 aliphatic rings. The molecule has 2 rings (SSSR count). The summed E-state index contributed by atoms with van der Waals surface area (Å²) in [5.41, 5.74) is 0.944. The first-order valence-corrected chi connectivity index (χ1v) is 13.7. The highest BCUT2D eigenvalue weighted by Crippen LogP contribution is 2.38. The molecule has 0 unspecified atom stereocenters. The number of thiocarbonyl (C=S) groups is 1. The number of anilines is 1. The second-order valence-electron chi connectivity index (χ2n) is 7.26. The quantitative estimate of drug-likeness (QED) is 0.159. The van der Waals surface area contributed by atoms with E-state index in [-0.39, 0.29) is 22.6 Å². The Balaban J connectivity index is 2.34. The molecular weight excluding hydrogens is 480 g/mol. The van der Waals surface area contributed by atoms with Crippen LogP contribution in [0.2, 0.25) is 0 Å². The molecule has 3 N–H and O–H groups in total. The van der Waals surface area contributed by atoms with Crippen molar-refractivity contribution in [3.05, 3.63) is 48.0 Å². The first-order chi connectivity index (χ1) is 15.8. The van der Waals surface area contributed by atoms with Crippen LogP contribution in [0.15, 0.2) is 47.4 Å². The molecule has 0 aliphatic carbocycles. The average Bonchev–Trinajstić information content (AvgIpc) is 2.78. The van der Waals surface area contributed by atoms with Crippen molar-refractivity contribution in [3.8, 4) is 11.5 Å². The molecule has 180 valence electrons. The van der Waals surface area contributed by atoms with Crippen LogP contribution in [0, 0.1) is 0 Å². The molecule has 0 atom stereocenters. The Morgan fingerprint density at radius 3 is 2.45 bits per heavy atom. The number of nitrogens with two attached hydrogens (primary N) is 1. The summed E-state index contributed by atoms with van der Waals surface area (Å²) in [5, 5.41) is 8.78. The van der Waals surface area contributed by atoms with Gasteiger partial charge in [0.25, 0.3) is 0 Å². The van der Waals surface area contributed by atoms with Gasteiger partial charge in [0, 0.05) is 18.5 Å². The lowest BCUT2D eigenvalue weighted by molar-refractivity contribution is -0.141. The van der Waals surface area contributed by atoms with Gasteiger partial charge in [-0.2, -0.15) is 0 Å². The zero-order valence-corrected chi connectivity index (χ0v) is 21.3. The minimum atomic E-state index is -4.13. The van der Waals surface area contributed by atoms with Crippen molar-refractivity contribution in [1.82, 2.24) is 0 Å². The number of unbranched alkanes of at least 4 members (excludes halogenated alkanes) is 2. The molecule has 0 saturated carbocycles. The predicted molar refractivity (Wildman–Crippen MR) is 138 cm³/mol.